The van der Waals surface area contributed by atoms with Crippen molar-refractivity contribution >= 4 is 19.7 Å². The molecule has 0 spiro atoms. The fraction of sp³-hybridized carbons (Fsp3) is 0.500. The molecule has 0 aliphatic rings. The number of carbonyl (C=O) groups is 1. The number of amides is 1. The zero-order chi connectivity index (χ0) is 20.2. The molecule has 1 amide bonds. The van der Waals surface area contributed by atoms with Crippen molar-refractivity contribution in [3.8, 4) is 16.9 Å². The molecular weight excluding hydrogens is 358 g/mol. The molecule has 2 aromatic rings. The number of phenols is 1. The number of nitrogens with zero attached hydrogens (tertiary/aromatic N) is 2. The number of aromatic nitrogens is 2. The number of phenolic OH excluding ortho intramolecular Hbond substituents is 1. The molecule has 1 heterocycles. The second-order valence-electron chi connectivity index (χ2n) is 8.03. The predicted octanol–water partition coefficient (Wildman–Crippen LogP) is 4.53. The van der Waals surface area contributed by atoms with Crippen molar-refractivity contribution in [2.75, 3.05) is 11.9 Å². The first-order chi connectivity index (χ1) is 12.6. The summed E-state index contributed by atoms with van der Waals surface area (Å²) in [5.74, 6) is 0.0344. The minimum atomic E-state index is -1.11. The SMILES string of the molecule is CCC(=O)Nc1ccc(-c2c(C)nn(COCC[Si](C)(C)C)c2C)c(O)c1. The van der Waals surface area contributed by atoms with Crippen molar-refractivity contribution in [1.29, 1.82) is 0 Å². The molecule has 6 nitrogen and oxygen atoms in total. The summed E-state index contributed by atoms with van der Waals surface area (Å²) in [5.41, 5.74) is 3.96. The van der Waals surface area contributed by atoms with Crippen LogP contribution in [0, 0.1) is 13.8 Å². The maximum Gasteiger partial charge on any atom is 0.224 e. The first kappa shape index (κ1) is 21.2. The van der Waals surface area contributed by atoms with Crippen LogP contribution in [0.2, 0.25) is 25.7 Å². The van der Waals surface area contributed by atoms with Crippen molar-refractivity contribution in [2.45, 2.75) is 59.6 Å². The highest BCUT2D eigenvalue weighted by molar-refractivity contribution is 6.76. The summed E-state index contributed by atoms with van der Waals surface area (Å²) in [4.78, 5) is 11.5. The van der Waals surface area contributed by atoms with Gasteiger partial charge in [0.05, 0.1) is 5.69 Å². The van der Waals surface area contributed by atoms with E-state index in [-0.39, 0.29) is 11.7 Å². The minimum absolute atomic E-state index is 0.0854. The smallest absolute Gasteiger partial charge is 0.224 e. The van der Waals surface area contributed by atoms with E-state index in [1.807, 2.05) is 24.6 Å². The van der Waals surface area contributed by atoms with Gasteiger partial charge in [-0.05, 0) is 32.0 Å². The molecule has 0 saturated carbocycles. The van der Waals surface area contributed by atoms with Crippen LogP contribution in [-0.4, -0.2) is 35.5 Å². The number of hydrogen-bond acceptors (Lipinski definition) is 4. The van der Waals surface area contributed by atoms with Gasteiger partial charge >= 0.3 is 0 Å². The average molecular weight is 390 g/mol. The average Bonchev–Trinajstić information content (AvgIpc) is 2.85. The predicted molar refractivity (Wildman–Crippen MR) is 112 cm³/mol. The first-order valence-electron chi connectivity index (χ1n) is 9.37. The highest BCUT2D eigenvalue weighted by Crippen LogP contribution is 2.35. The Balaban J connectivity index is 2.17. The third kappa shape index (κ3) is 5.67. The summed E-state index contributed by atoms with van der Waals surface area (Å²) >= 11 is 0. The van der Waals surface area contributed by atoms with Gasteiger partial charge in [-0.3, -0.25) is 4.79 Å². The second-order valence-corrected chi connectivity index (χ2v) is 13.6. The van der Waals surface area contributed by atoms with Crippen LogP contribution < -0.4 is 5.32 Å². The highest BCUT2D eigenvalue weighted by Gasteiger charge is 2.18. The molecular formula is C20H31N3O3Si. The molecule has 148 valence electrons. The quantitative estimate of drug-likeness (QED) is 0.513. The number of anilines is 1. The van der Waals surface area contributed by atoms with Gasteiger partial charge < -0.3 is 15.2 Å². The summed E-state index contributed by atoms with van der Waals surface area (Å²) in [6.45, 7) is 13.8. The lowest BCUT2D eigenvalue weighted by atomic mass is 10.0. The lowest BCUT2D eigenvalue weighted by Gasteiger charge is -2.15. The van der Waals surface area contributed by atoms with Crippen LogP contribution in [0.5, 0.6) is 5.75 Å². The van der Waals surface area contributed by atoms with Crippen molar-refractivity contribution in [3.05, 3.63) is 29.6 Å². The largest absolute Gasteiger partial charge is 0.507 e. The zero-order valence-electron chi connectivity index (χ0n) is 17.2. The van der Waals surface area contributed by atoms with Gasteiger partial charge in [0.25, 0.3) is 0 Å². The van der Waals surface area contributed by atoms with Crippen LogP contribution in [0.4, 0.5) is 5.69 Å². The van der Waals surface area contributed by atoms with Crippen LogP contribution in [0.1, 0.15) is 24.7 Å². The van der Waals surface area contributed by atoms with Gasteiger partial charge in [0.1, 0.15) is 12.5 Å². The Bertz CT molecular complexity index is 810. The third-order valence-electron chi connectivity index (χ3n) is 4.46. The van der Waals surface area contributed by atoms with Crippen LogP contribution in [-0.2, 0) is 16.3 Å². The fourth-order valence-electron chi connectivity index (χ4n) is 2.81. The number of carbonyl (C=O) groups excluding carboxylic acids is 1. The summed E-state index contributed by atoms with van der Waals surface area (Å²) in [7, 11) is -1.11. The number of nitrogens with one attached hydrogen (secondary N) is 1. The molecule has 2 N–H and O–H groups in total. The van der Waals surface area contributed by atoms with E-state index in [1.165, 1.54) is 0 Å². The summed E-state index contributed by atoms with van der Waals surface area (Å²) in [5, 5.41) is 17.8. The number of ether oxygens (including phenoxy) is 1. The first-order valence-corrected chi connectivity index (χ1v) is 13.1. The summed E-state index contributed by atoms with van der Waals surface area (Å²) in [6.07, 6.45) is 0.394. The van der Waals surface area contributed by atoms with E-state index in [9.17, 15) is 9.90 Å². The second kappa shape index (κ2) is 8.71. The number of rotatable bonds is 8. The Labute approximate surface area is 162 Å². The normalized spacial score (nSPS) is 11.6. The maximum absolute atomic E-state index is 11.5. The molecule has 1 aromatic carbocycles. The van der Waals surface area contributed by atoms with Crippen molar-refractivity contribution in [3.63, 3.8) is 0 Å². The van der Waals surface area contributed by atoms with Crippen molar-refractivity contribution in [2.24, 2.45) is 0 Å². The van der Waals surface area contributed by atoms with Crippen LogP contribution >= 0.6 is 0 Å². The maximum atomic E-state index is 11.5. The number of hydrogen-bond donors (Lipinski definition) is 2. The molecule has 0 aliphatic heterocycles. The van der Waals surface area contributed by atoms with E-state index in [1.54, 1.807) is 19.1 Å². The molecule has 2 rings (SSSR count). The van der Waals surface area contributed by atoms with E-state index >= 15 is 0 Å². The minimum Gasteiger partial charge on any atom is -0.507 e. The Morgan fingerprint density at radius 3 is 2.59 bits per heavy atom. The molecule has 0 aliphatic carbocycles. The Kier molecular flexibility index (Phi) is 6.83. The van der Waals surface area contributed by atoms with Gasteiger partial charge in [-0.15, -0.1) is 0 Å². The third-order valence-corrected chi connectivity index (χ3v) is 6.17. The van der Waals surface area contributed by atoms with Crippen LogP contribution in [0.25, 0.3) is 11.1 Å². The molecule has 0 radical (unpaired) electrons. The number of benzene rings is 1. The molecule has 0 atom stereocenters. The number of aromatic hydroxyl groups is 1. The van der Waals surface area contributed by atoms with Crippen LogP contribution in [0.15, 0.2) is 18.2 Å². The van der Waals surface area contributed by atoms with Gasteiger partial charge in [-0.2, -0.15) is 5.10 Å². The summed E-state index contributed by atoms with van der Waals surface area (Å²) < 4.78 is 7.65. The molecule has 7 heteroatoms. The van der Waals surface area contributed by atoms with Gasteiger partial charge in [0, 0.05) is 49.7 Å². The molecule has 27 heavy (non-hydrogen) atoms. The molecule has 0 unspecified atom stereocenters. The standard InChI is InChI=1S/C20H31N3O3Si/c1-7-19(25)21-16-8-9-17(18(24)12-16)20-14(2)22-23(15(20)3)13-26-10-11-27(4,5)6/h8-9,12,24H,7,10-11,13H2,1-6H3,(H,21,25). The molecule has 0 bridgehead atoms. The Morgan fingerprint density at radius 2 is 2.00 bits per heavy atom. The van der Waals surface area contributed by atoms with Gasteiger partial charge in [0.2, 0.25) is 5.91 Å². The number of aryl methyl sites for hydroxylation is 1. The monoisotopic (exact) mass is 389 g/mol. The highest BCUT2D eigenvalue weighted by atomic mass is 28.3. The van der Waals surface area contributed by atoms with Gasteiger partial charge in [-0.1, -0.05) is 26.6 Å². The van der Waals surface area contributed by atoms with E-state index in [2.05, 4.69) is 30.1 Å². The lowest BCUT2D eigenvalue weighted by molar-refractivity contribution is -0.115. The van der Waals surface area contributed by atoms with Gasteiger partial charge in [0.15, 0.2) is 0 Å². The van der Waals surface area contributed by atoms with Crippen molar-refractivity contribution in [1.82, 2.24) is 9.78 Å². The van der Waals surface area contributed by atoms with E-state index in [0.717, 1.165) is 29.6 Å². The molecule has 1 aromatic heterocycles. The van der Waals surface area contributed by atoms with Gasteiger partial charge in [-0.25, -0.2) is 4.68 Å². The zero-order valence-corrected chi connectivity index (χ0v) is 18.2. The summed E-state index contributed by atoms with van der Waals surface area (Å²) in [6, 6.07) is 6.30. The Morgan fingerprint density at radius 1 is 1.30 bits per heavy atom. The topological polar surface area (TPSA) is 76.4 Å². The fourth-order valence-corrected chi connectivity index (χ4v) is 3.57. The van der Waals surface area contributed by atoms with E-state index < -0.39 is 8.07 Å². The Hall–Kier alpha value is -2.12. The molecule has 0 fully saturated rings. The lowest BCUT2D eigenvalue weighted by Crippen LogP contribution is -2.22. The van der Waals surface area contributed by atoms with E-state index in [0.29, 0.717) is 24.4 Å². The van der Waals surface area contributed by atoms with Crippen LogP contribution in [0.3, 0.4) is 0 Å². The van der Waals surface area contributed by atoms with Crippen molar-refractivity contribution < 1.29 is 14.6 Å². The van der Waals surface area contributed by atoms with E-state index in [4.69, 9.17) is 4.74 Å². The molecule has 0 saturated heterocycles.